The van der Waals surface area contributed by atoms with E-state index < -0.39 is 0 Å². The second kappa shape index (κ2) is 6.46. The number of hydrogen-bond acceptors (Lipinski definition) is 3. The van der Waals surface area contributed by atoms with Crippen LogP contribution in [-0.4, -0.2) is 61.0 Å². The van der Waals surface area contributed by atoms with Crippen LogP contribution in [0.1, 0.15) is 22.3 Å². The van der Waals surface area contributed by atoms with Crippen molar-refractivity contribution < 1.29 is 4.79 Å². The number of hydrogen-bond donors (Lipinski definition) is 1. The molecule has 1 amide bonds. The summed E-state index contributed by atoms with van der Waals surface area (Å²) in [4.78, 5) is 17.2. The summed E-state index contributed by atoms with van der Waals surface area (Å²) in [5.41, 5.74) is 1.94. The minimum Gasteiger partial charge on any atom is -0.337 e. The second-order valence-electron chi connectivity index (χ2n) is 5.96. The van der Waals surface area contributed by atoms with Crippen LogP contribution >= 0.6 is 15.9 Å². The molecule has 3 rings (SSSR count). The Hall–Kier alpha value is -0.910. The van der Waals surface area contributed by atoms with E-state index in [1.165, 1.54) is 5.56 Å². The summed E-state index contributed by atoms with van der Waals surface area (Å²) in [6.45, 7) is 8.09. The van der Waals surface area contributed by atoms with Crippen molar-refractivity contribution >= 4 is 21.8 Å². The van der Waals surface area contributed by atoms with Gasteiger partial charge < -0.3 is 10.2 Å². The minimum atomic E-state index is 0.152. The number of rotatable bonds is 2. The smallest absolute Gasteiger partial charge is 0.255 e. The van der Waals surface area contributed by atoms with Gasteiger partial charge in [0.1, 0.15) is 0 Å². The van der Waals surface area contributed by atoms with Gasteiger partial charge in [0.25, 0.3) is 5.91 Å². The van der Waals surface area contributed by atoms with Gasteiger partial charge in [-0.05, 0) is 47.0 Å². The Morgan fingerprint density at radius 1 is 1.29 bits per heavy atom. The molecule has 0 radical (unpaired) electrons. The minimum absolute atomic E-state index is 0.152. The Kier molecular flexibility index (Phi) is 4.62. The summed E-state index contributed by atoms with van der Waals surface area (Å²) in [5.74, 6) is 0.152. The molecule has 114 valence electrons. The van der Waals surface area contributed by atoms with E-state index in [1.54, 1.807) is 0 Å². The number of likely N-dealkylation sites (tertiary alicyclic amines) is 1. The number of amides is 1. The largest absolute Gasteiger partial charge is 0.337 e. The summed E-state index contributed by atoms with van der Waals surface area (Å²) < 4.78 is 0.901. The predicted octanol–water partition coefficient (Wildman–Crippen LogP) is 1.88. The zero-order valence-corrected chi connectivity index (χ0v) is 14.0. The number of piperazine rings is 1. The van der Waals surface area contributed by atoms with Gasteiger partial charge in [-0.3, -0.25) is 9.69 Å². The molecule has 0 saturated carbocycles. The van der Waals surface area contributed by atoms with Crippen molar-refractivity contribution in [2.45, 2.75) is 19.4 Å². The maximum Gasteiger partial charge on any atom is 0.255 e. The van der Waals surface area contributed by atoms with Gasteiger partial charge in [0.15, 0.2) is 0 Å². The molecule has 4 nitrogen and oxygen atoms in total. The molecule has 0 spiro atoms. The molecular formula is C16H22BrN3O. The molecule has 21 heavy (non-hydrogen) atoms. The molecule has 1 aromatic rings. The molecule has 0 bridgehead atoms. The molecule has 1 aromatic carbocycles. The quantitative estimate of drug-likeness (QED) is 0.883. The predicted molar refractivity (Wildman–Crippen MR) is 87.6 cm³/mol. The van der Waals surface area contributed by atoms with Crippen LogP contribution in [0.2, 0.25) is 0 Å². The van der Waals surface area contributed by atoms with Crippen molar-refractivity contribution in [1.29, 1.82) is 0 Å². The molecule has 1 unspecified atom stereocenters. The van der Waals surface area contributed by atoms with Crippen molar-refractivity contribution in [3.8, 4) is 0 Å². The number of carbonyl (C=O) groups excluding carboxylic acids is 1. The van der Waals surface area contributed by atoms with Crippen LogP contribution in [0.15, 0.2) is 22.7 Å². The van der Waals surface area contributed by atoms with Crippen molar-refractivity contribution in [2.75, 3.05) is 39.3 Å². The maximum absolute atomic E-state index is 12.7. The van der Waals surface area contributed by atoms with Crippen LogP contribution in [-0.2, 0) is 0 Å². The molecule has 2 fully saturated rings. The monoisotopic (exact) mass is 351 g/mol. The first-order valence-electron chi connectivity index (χ1n) is 7.65. The number of benzene rings is 1. The molecular weight excluding hydrogens is 330 g/mol. The summed E-state index contributed by atoms with van der Waals surface area (Å²) >= 11 is 3.52. The Morgan fingerprint density at radius 3 is 2.76 bits per heavy atom. The van der Waals surface area contributed by atoms with Gasteiger partial charge in [0.05, 0.1) is 5.56 Å². The molecule has 0 aromatic heterocycles. The van der Waals surface area contributed by atoms with Crippen LogP contribution in [0.3, 0.4) is 0 Å². The number of nitrogens with zero attached hydrogens (tertiary/aromatic N) is 2. The average molecular weight is 352 g/mol. The van der Waals surface area contributed by atoms with Crippen LogP contribution in [0.4, 0.5) is 0 Å². The van der Waals surface area contributed by atoms with E-state index in [-0.39, 0.29) is 5.91 Å². The lowest BCUT2D eigenvalue weighted by Crippen LogP contribution is -2.49. The van der Waals surface area contributed by atoms with Crippen molar-refractivity contribution in [1.82, 2.24) is 15.1 Å². The van der Waals surface area contributed by atoms with Gasteiger partial charge >= 0.3 is 0 Å². The average Bonchev–Trinajstić information content (AvgIpc) is 2.97. The van der Waals surface area contributed by atoms with E-state index in [0.29, 0.717) is 6.04 Å². The highest BCUT2D eigenvalue weighted by atomic mass is 79.9. The standard InChI is InChI=1S/C16H22BrN3O/c1-12-2-3-14(15(17)10-12)16(21)20-7-4-13(11-20)19-8-5-18-6-9-19/h2-3,10,13,18H,4-9,11H2,1H3. The number of carbonyl (C=O) groups is 1. The van der Waals surface area contributed by atoms with Crippen molar-refractivity contribution in [3.63, 3.8) is 0 Å². The third-order valence-corrected chi connectivity index (χ3v) is 5.13. The molecule has 0 aliphatic carbocycles. The highest BCUT2D eigenvalue weighted by Crippen LogP contribution is 2.23. The SMILES string of the molecule is Cc1ccc(C(=O)N2CCC(N3CCNCC3)C2)c(Br)c1. The second-order valence-corrected chi connectivity index (χ2v) is 6.82. The molecule has 2 aliphatic rings. The van der Waals surface area contributed by atoms with E-state index in [4.69, 9.17) is 0 Å². The molecule has 1 atom stereocenters. The first-order valence-corrected chi connectivity index (χ1v) is 8.44. The first kappa shape index (κ1) is 15.0. The fourth-order valence-electron chi connectivity index (χ4n) is 3.24. The normalized spacial score (nSPS) is 23.5. The lowest BCUT2D eigenvalue weighted by atomic mass is 10.1. The number of aryl methyl sites for hydroxylation is 1. The van der Waals surface area contributed by atoms with E-state index in [9.17, 15) is 4.79 Å². The van der Waals surface area contributed by atoms with Crippen LogP contribution in [0.25, 0.3) is 0 Å². The van der Waals surface area contributed by atoms with E-state index >= 15 is 0 Å². The summed E-state index contributed by atoms with van der Waals surface area (Å²) in [5, 5.41) is 3.38. The van der Waals surface area contributed by atoms with Crippen LogP contribution in [0, 0.1) is 6.92 Å². The highest BCUT2D eigenvalue weighted by molar-refractivity contribution is 9.10. The third-order valence-electron chi connectivity index (χ3n) is 4.47. The Labute approximate surface area is 134 Å². The molecule has 2 heterocycles. The van der Waals surface area contributed by atoms with Gasteiger partial charge in [0, 0.05) is 49.8 Å². The van der Waals surface area contributed by atoms with Gasteiger partial charge in [-0.15, -0.1) is 0 Å². The van der Waals surface area contributed by atoms with Crippen molar-refractivity contribution in [3.05, 3.63) is 33.8 Å². The molecule has 2 aliphatic heterocycles. The fraction of sp³-hybridized carbons (Fsp3) is 0.562. The Morgan fingerprint density at radius 2 is 2.05 bits per heavy atom. The zero-order chi connectivity index (χ0) is 14.8. The van der Waals surface area contributed by atoms with E-state index in [2.05, 4.69) is 26.1 Å². The van der Waals surface area contributed by atoms with Crippen LogP contribution in [0.5, 0.6) is 0 Å². The van der Waals surface area contributed by atoms with E-state index in [1.807, 2.05) is 30.0 Å². The summed E-state index contributed by atoms with van der Waals surface area (Å²) in [7, 11) is 0. The van der Waals surface area contributed by atoms with Crippen molar-refractivity contribution in [2.24, 2.45) is 0 Å². The first-order chi connectivity index (χ1) is 10.1. The van der Waals surface area contributed by atoms with Crippen LogP contribution < -0.4 is 5.32 Å². The maximum atomic E-state index is 12.7. The summed E-state index contributed by atoms with van der Waals surface area (Å²) in [6.07, 6.45) is 1.09. The van der Waals surface area contributed by atoms with E-state index in [0.717, 1.165) is 55.7 Å². The van der Waals surface area contributed by atoms with Gasteiger partial charge in [0.2, 0.25) is 0 Å². The zero-order valence-electron chi connectivity index (χ0n) is 12.4. The topological polar surface area (TPSA) is 35.6 Å². The lowest BCUT2D eigenvalue weighted by molar-refractivity contribution is 0.0772. The van der Waals surface area contributed by atoms with Gasteiger partial charge in [-0.25, -0.2) is 0 Å². The number of nitrogens with one attached hydrogen (secondary N) is 1. The Balaban J connectivity index is 1.66. The number of halogens is 1. The third kappa shape index (κ3) is 3.30. The fourth-order valence-corrected chi connectivity index (χ4v) is 3.90. The van der Waals surface area contributed by atoms with Gasteiger partial charge in [-0.2, -0.15) is 0 Å². The highest BCUT2D eigenvalue weighted by Gasteiger charge is 2.31. The molecule has 1 N–H and O–H groups in total. The lowest BCUT2D eigenvalue weighted by Gasteiger charge is -2.32. The summed E-state index contributed by atoms with van der Waals surface area (Å²) in [6, 6.07) is 6.47. The molecule has 2 saturated heterocycles. The molecule has 5 heteroatoms. The Bertz CT molecular complexity index is 528. The van der Waals surface area contributed by atoms with Gasteiger partial charge in [-0.1, -0.05) is 6.07 Å².